The minimum absolute atomic E-state index is 0.0751. The molecule has 0 bridgehead atoms. The second-order valence-electron chi connectivity index (χ2n) is 21.1. The molecule has 0 aromatic carbocycles. The van der Waals surface area contributed by atoms with Gasteiger partial charge in [-0.1, -0.05) is 311 Å². The average Bonchev–Trinajstić information content (AvgIpc) is 3.37. The van der Waals surface area contributed by atoms with E-state index in [0.717, 1.165) is 64.2 Å². The van der Waals surface area contributed by atoms with Crippen LogP contribution in [-0.2, 0) is 4.79 Å². The summed E-state index contributed by atoms with van der Waals surface area (Å²) in [5.74, 6) is -0.0751. The van der Waals surface area contributed by atoms with Gasteiger partial charge in [0.05, 0.1) is 18.8 Å². The molecule has 0 saturated carbocycles. The fourth-order valence-corrected chi connectivity index (χ4v) is 9.38. The molecular weight excluding hydrogens is 867 g/mol. The molecule has 0 aliphatic heterocycles. The van der Waals surface area contributed by atoms with Gasteiger partial charge >= 0.3 is 0 Å². The number of amides is 1. The van der Waals surface area contributed by atoms with Crippen molar-refractivity contribution in [2.45, 2.75) is 328 Å². The average molecular weight is 989 g/mol. The number of carbonyl (C=O) groups excluding carboxylic acids is 1. The lowest BCUT2D eigenvalue weighted by Crippen LogP contribution is -2.45. The standard InChI is InChI=1S/C67H121NO3/c1-3-5-7-9-11-13-15-17-19-21-23-25-27-29-31-32-33-34-35-36-37-39-41-43-45-47-49-51-53-55-57-59-61-63-67(71)68-65(64-69)66(70)62-60-58-56-54-52-50-48-46-44-42-40-38-30-28-26-24-22-20-18-16-14-12-10-8-6-4-2/h5,7,11,13,17,19,23,25,44,46,52,54,60,62,65-66,69-70H,3-4,6,8-10,12,14-16,18,20-22,24,26-43,45,47-51,53,55-59,61,63-64H2,1-2H3,(H,68,71)/b7-5-,13-11-,19-17-,25-23-,46-44+,54-52+,62-60+. The van der Waals surface area contributed by atoms with Gasteiger partial charge in [-0.15, -0.1) is 0 Å². The van der Waals surface area contributed by atoms with E-state index >= 15 is 0 Å². The minimum atomic E-state index is -0.874. The van der Waals surface area contributed by atoms with Crippen LogP contribution >= 0.6 is 0 Å². The van der Waals surface area contributed by atoms with Crippen molar-refractivity contribution in [3.05, 3.63) is 85.1 Å². The number of aliphatic hydroxyl groups is 2. The summed E-state index contributed by atoms with van der Waals surface area (Å²) < 4.78 is 0. The van der Waals surface area contributed by atoms with E-state index in [9.17, 15) is 15.0 Å². The van der Waals surface area contributed by atoms with Gasteiger partial charge in [0, 0.05) is 6.42 Å². The molecule has 0 aromatic heterocycles. The van der Waals surface area contributed by atoms with Gasteiger partial charge in [-0.05, 0) is 83.5 Å². The van der Waals surface area contributed by atoms with E-state index in [1.807, 2.05) is 6.08 Å². The van der Waals surface area contributed by atoms with Gasteiger partial charge in [-0.2, -0.15) is 0 Å². The Morgan fingerprint density at radius 2 is 0.634 bits per heavy atom. The van der Waals surface area contributed by atoms with Crippen molar-refractivity contribution >= 4 is 5.91 Å². The van der Waals surface area contributed by atoms with Crippen molar-refractivity contribution < 1.29 is 15.0 Å². The van der Waals surface area contributed by atoms with Crippen LogP contribution in [-0.4, -0.2) is 34.9 Å². The number of aliphatic hydroxyl groups excluding tert-OH is 2. The number of allylic oxidation sites excluding steroid dienone is 13. The third-order valence-corrected chi connectivity index (χ3v) is 14.1. The Bertz CT molecular complexity index is 1260. The first-order valence-corrected chi connectivity index (χ1v) is 31.3. The highest BCUT2D eigenvalue weighted by Gasteiger charge is 2.18. The van der Waals surface area contributed by atoms with E-state index in [-0.39, 0.29) is 12.5 Å². The first kappa shape index (κ1) is 68.6. The van der Waals surface area contributed by atoms with Crippen LogP contribution in [0.2, 0.25) is 0 Å². The van der Waals surface area contributed by atoms with Crippen LogP contribution in [0.5, 0.6) is 0 Å². The summed E-state index contributed by atoms with van der Waals surface area (Å²) in [4.78, 5) is 12.5. The Morgan fingerprint density at radius 3 is 0.986 bits per heavy atom. The van der Waals surface area contributed by atoms with E-state index < -0.39 is 12.1 Å². The second-order valence-corrected chi connectivity index (χ2v) is 21.1. The smallest absolute Gasteiger partial charge is 0.220 e. The summed E-state index contributed by atoms with van der Waals surface area (Å²) in [6, 6.07) is -0.649. The monoisotopic (exact) mass is 988 g/mol. The molecule has 0 spiro atoms. The summed E-state index contributed by atoms with van der Waals surface area (Å²) in [5, 5.41) is 23.2. The Labute approximate surface area is 443 Å². The van der Waals surface area contributed by atoms with Crippen molar-refractivity contribution in [3.63, 3.8) is 0 Å². The lowest BCUT2D eigenvalue weighted by atomic mass is 10.0. The zero-order valence-corrected chi connectivity index (χ0v) is 47.5. The predicted octanol–water partition coefficient (Wildman–Crippen LogP) is 21.1. The fraction of sp³-hybridized carbons (Fsp3) is 0.776. The number of unbranched alkanes of at least 4 members (excludes halogenated alkanes) is 38. The minimum Gasteiger partial charge on any atom is -0.394 e. The number of rotatable bonds is 57. The molecule has 1 amide bonds. The molecule has 0 aromatic rings. The summed E-state index contributed by atoms with van der Waals surface area (Å²) in [7, 11) is 0. The molecule has 71 heavy (non-hydrogen) atoms. The van der Waals surface area contributed by atoms with Gasteiger partial charge in [0.15, 0.2) is 0 Å². The summed E-state index contributed by atoms with van der Waals surface area (Å²) in [6.45, 7) is 4.21. The molecule has 0 aliphatic carbocycles. The molecule has 0 rings (SSSR count). The van der Waals surface area contributed by atoms with Crippen LogP contribution in [0.4, 0.5) is 0 Å². The van der Waals surface area contributed by atoms with Crippen molar-refractivity contribution in [1.82, 2.24) is 5.32 Å². The summed E-state index contributed by atoms with van der Waals surface area (Å²) >= 11 is 0. The maximum absolute atomic E-state index is 12.5. The maximum atomic E-state index is 12.5. The largest absolute Gasteiger partial charge is 0.394 e. The third-order valence-electron chi connectivity index (χ3n) is 14.1. The van der Waals surface area contributed by atoms with Crippen molar-refractivity contribution in [2.24, 2.45) is 0 Å². The van der Waals surface area contributed by atoms with Crippen molar-refractivity contribution in [2.75, 3.05) is 6.61 Å². The van der Waals surface area contributed by atoms with E-state index in [1.54, 1.807) is 6.08 Å². The van der Waals surface area contributed by atoms with Crippen LogP contribution in [0.25, 0.3) is 0 Å². The van der Waals surface area contributed by atoms with Crippen LogP contribution in [0.3, 0.4) is 0 Å². The quantitative estimate of drug-likeness (QED) is 0.0420. The lowest BCUT2D eigenvalue weighted by molar-refractivity contribution is -0.123. The van der Waals surface area contributed by atoms with E-state index in [1.165, 1.54) is 231 Å². The molecule has 2 unspecified atom stereocenters. The van der Waals surface area contributed by atoms with Crippen LogP contribution < -0.4 is 5.32 Å². The van der Waals surface area contributed by atoms with Crippen LogP contribution in [0.1, 0.15) is 316 Å². The number of hydrogen-bond acceptors (Lipinski definition) is 3. The Hall–Kier alpha value is -2.43. The molecular formula is C67H121NO3. The number of nitrogens with one attached hydrogen (secondary N) is 1. The summed E-state index contributed by atoms with van der Waals surface area (Å²) in [6.07, 6.45) is 90.6. The highest BCUT2D eigenvalue weighted by Crippen LogP contribution is 2.17. The zero-order valence-electron chi connectivity index (χ0n) is 47.5. The summed E-state index contributed by atoms with van der Waals surface area (Å²) in [5.41, 5.74) is 0. The zero-order chi connectivity index (χ0) is 51.3. The molecule has 0 heterocycles. The highest BCUT2D eigenvalue weighted by atomic mass is 16.3. The Balaban J connectivity index is 3.52. The molecule has 4 heteroatoms. The topological polar surface area (TPSA) is 69.6 Å². The fourth-order valence-electron chi connectivity index (χ4n) is 9.38. The van der Waals surface area contributed by atoms with Crippen LogP contribution in [0, 0.1) is 0 Å². The van der Waals surface area contributed by atoms with Gasteiger partial charge in [0.25, 0.3) is 0 Å². The van der Waals surface area contributed by atoms with Crippen molar-refractivity contribution in [3.8, 4) is 0 Å². The molecule has 4 nitrogen and oxygen atoms in total. The lowest BCUT2D eigenvalue weighted by Gasteiger charge is -2.19. The highest BCUT2D eigenvalue weighted by molar-refractivity contribution is 5.76. The molecule has 2 atom stereocenters. The first-order chi connectivity index (χ1) is 35.2. The van der Waals surface area contributed by atoms with Crippen molar-refractivity contribution in [1.29, 1.82) is 0 Å². The van der Waals surface area contributed by atoms with Gasteiger partial charge < -0.3 is 15.5 Å². The Morgan fingerprint density at radius 1 is 0.352 bits per heavy atom. The Kier molecular flexibility index (Phi) is 59.8. The van der Waals surface area contributed by atoms with Gasteiger partial charge in [-0.25, -0.2) is 0 Å². The van der Waals surface area contributed by atoms with Gasteiger partial charge in [-0.3, -0.25) is 4.79 Å². The first-order valence-electron chi connectivity index (χ1n) is 31.3. The van der Waals surface area contributed by atoms with E-state index in [4.69, 9.17) is 0 Å². The molecule has 0 fully saturated rings. The maximum Gasteiger partial charge on any atom is 0.220 e. The van der Waals surface area contributed by atoms with Crippen LogP contribution in [0.15, 0.2) is 85.1 Å². The number of carbonyl (C=O) groups is 1. The number of hydrogen-bond donors (Lipinski definition) is 3. The van der Waals surface area contributed by atoms with Gasteiger partial charge in [0.1, 0.15) is 0 Å². The third kappa shape index (κ3) is 58.3. The SMILES string of the molecule is CC/C=C\C/C=C\C/C=C\C/C=C\CCCCCCCCCCCCCCCCCCCCCCC(=O)NC(CO)C(O)/C=C/CC/C=C/CC/C=C/CCCCCCCCCCCCCCCCCC. The molecule has 0 saturated heterocycles. The molecule has 3 N–H and O–H groups in total. The molecule has 412 valence electrons. The van der Waals surface area contributed by atoms with Gasteiger partial charge in [0.2, 0.25) is 5.91 Å². The normalized spacial score (nSPS) is 13.4. The van der Waals surface area contributed by atoms with E-state index in [0.29, 0.717) is 6.42 Å². The molecule has 0 radical (unpaired) electrons. The molecule has 0 aliphatic rings. The second kappa shape index (κ2) is 61.9. The predicted molar refractivity (Wildman–Crippen MR) is 317 cm³/mol. The van der Waals surface area contributed by atoms with E-state index in [2.05, 4.69) is 92.1 Å².